The summed E-state index contributed by atoms with van der Waals surface area (Å²) in [5.74, 6) is -0.254. The molecule has 124 valence electrons. The van der Waals surface area contributed by atoms with Crippen LogP contribution in [0.4, 0.5) is 9.18 Å². The Morgan fingerprint density at radius 1 is 1.12 bits per heavy atom. The molecule has 24 heavy (non-hydrogen) atoms. The van der Waals surface area contributed by atoms with E-state index in [1.807, 2.05) is 30.3 Å². The van der Waals surface area contributed by atoms with Gasteiger partial charge >= 0.3 is 6.09 Å². The maximum atomic E-state index is 13.1. The topological polar surface area (TPSA) is 46.6 Å². The molecule has 2 aromatic rings. The molecule has 1 unspecified atom stereocenters. The van der Waals surface area contributed by atoms with Crippen molar-refractivity contribution in [1.29, 1.82) is 0 Å². The number of amides is 1. The number of hydrogen-bond donors (Lipinski definition) is 0. The zero-order chi connectivity index (χ0) is 16.9. The lowest BCUT2D eigenvalue weighted by molar-refractivity contribution is -0.122. The number of carbonyl (C=O) groups is 2. The van der Waals surface area contributed by atoms with Crippen molar-refractivity contribution in [2.24, 2.45) is 0 Å². The Labute approximate surface area is 139 Å². The van der Waals surface area contributed by atoms with Crippen LogP contribution < -0.4 is 0 Å². The van der Waals surface area contributed by atoms with Crippen molar-refractivity contribution in [3.05, 3.63) is 71.5 Å². The maximum absolute atomic E-state index is 13.1. The Hall–Kier alpha value is -2.69. The van der Waals surface area contributed by atoms with E-state index >= 15 is 0 Å². The Kier molecular flexibility index (Phi) is 4.89. The van der Waals surface area contributed by atoms with Crippen LogP contribution in [0.15, 0.2) is 54.6 Å². The van der Waals surface area contributed by atoms with Crippen molar-refractivity contribution in [2.75, 3.05) is 6.54 Å². The average molecular weight is 327 g/mol. The van der Waals surface area contributed by atoms with Crippen LogP contribution in [0.1, 0.15) is 30.0 Å². The van der Waals surface area contributed by atoms with Gasteiger partial charge in [-0.25, -0.2) is 9.18 Å². The molecule has 1 saturated heterocycles. The predicted octanol–water partition coefficient (Wildman–Crippen LogP) is 3.87. The zero-order valence-corrected chi connectivity index (χ0v) is 13.2. The minimum Gasteiger partial charge on any atom is -0.445 e. The number of likely N-dealkylation sites (tertiary alicyclic amines) is 1. The van der Waals surface area contributed by atoms with Crippen LogP contribution in [-0.2, 0) is 16.1 Å². The fraction of sp³-hybridized carbons (Fsp3) is 0.263. The van der Waals surface area contributed by atoms with Gasteiger partial charge in [0, 0.05) is 19.4 Å². The van der Waals surface area contributed by atoms with Crippen LogP contribution in [0.25, 0.3) is 0 Å². The first-order valence-electron chi connectivity index (χ1n) is 7.88. The van der Waals surface area contributed by atoms with Gasteiger partial charge < -0.3 is 9.64 Å². The monoisotopic (exact) mass is 327 g/mol. The zero-order valence-electron chi connectivity index (χ0n) is 13.2. The van der Waals surface area contributed by atoms with Crippen molar-refractivity contribution >= 4 is 11.9 Å². The highest BCUT2D eigenvalue weighted by Crippen LogP contribution is 2.30. The van der Waals surface area contributed by atoms with E-state index in [0.717, 1.165) is 11.1 Å². The number of Topliss-reactive ketones (excluding diaryl/α,β-unsaturated/α-hetero) is 1. The van der Waals surface area contributed by atoms with Crippen molar-refractivity contribution in [2.45, 2.75) is 25.5 Å². The minimum atomic E-state index is -0.458. The van der Waals surface area contributed by atoms with Gasteiger partial charge in [0.05, 0.1) is 6.04 Å². The number of carbonyl (C=O) groups excluding carboxylic acids is 2. The molecule has 1 fully saturated rings. The second kappa shape index (κ2) is 7.25. The molecule has 0 spiro atoms. The highest BCUT2D eigenvalue weighted by Gasteiger charge is 2.32. The molecule has 0 bridgehead atoms. The third kappa shape index (κ3) is 3.79. The molecule has 3 rings (SSSR count). The largest absolute Gasteiger partial charge is 0.445 e. The Balaban J connectivity index is 1.72. The lowest BCUT2D eigenvalue weighted by atomic mass is 9.95. The van der Waals surface area contributed by atoms with E-state index < -0.39 is 12.1 Å². The molecule has 2 aromatic carbocycles. The number of ketones is 1. The average Bonchev–Trinajstić information content (AvgIpc) is 2.61. The molecular formula is C19H18FNO3. The van der Waals surface area contributed by atoms with Crippen LogP contribution in [0.2, 0.25) is 0 Å². The van der Waals surface area contributed by atoms with Gasteiger partial charge in [0.25, 0.3) is 0 Å². The van der Waals surface area contributed by atoms with E-state index in [1.165, 1.54) is 12.1 Å². The molecule has 1 amide bonds. The molecule has 1 heterocycles. The highest BCUT2D eigenvalue weighted by atomic mass is 19.1. The van der Waals surface area contributed by atoms with E-state index in [9.17, 15) is 14.0 Å². The van der Waals surface area contributed by atoms with Crippen molar-refractivity contribution < 1.29 is 18.7 Å². The maximum Gasteiger partial charge on any atom is 0.410 e. The van der Waals surface area contributed by atoms with Crippen molar-refractivity contribution in [1.82, 2.24) is 4.90 Å². The van der Waals surface area contributed by atoms with E-state index in [1.54, 1.807) is 17.0 Å². The first-order chi connectivity index (χ1) is 11.6. The van der Waals surface area contributed by atoms with Crippen LogP contribution in [0, 0.1) is 5.82 Å². The summed E-state index contributed by atoms with van der Waals surface area (Å²) in [4.78, 5) is 25.8. The van der Waals surface area contributed by atoms with E-state index in [-0.39, 0.29) is 24.6 Å². The van der Waals surface area contributed by atoms with Crippen LogP contribution in [0.5, 0.6) is 0 Å². The molecule has 0 N–H and O–H groups in total. The van der Waals surface area contributed by atoms with E-state index in [0.29, 0.717) is 13.0 Å². The number of benzene rings is 2. The molecule has 0 radical (unpaired) electrons. The molecule has 0 aliphatic carbocycles. The molecule has 0 saturated carbocycles. The van der Waals surface area contributed by atoms with Gasteiger partial charge in [0.1, 0.15) is 18.2 Å². The first kappa shape index (κ1) is 16.2. The fourth-order valence-electron chi connectivity index (χ4n) is 2.83. The van der Waals surface area contributed by atoms with Gasteiger partial charge in [-0.15, -0.1) is 0 Å². The molecule has 4 nitrogen and oxygen atoms in total. The normalized spacial score (nSPS) is 17.6. The summed E-state index contributed by atoms with van der Waals surface area (Å²) < 4.78 is 18.5. The lowest BCUT2D eigenvalue weighted by Crippen LogP contribution is -2.41. The van der Waals surface area contributed by atoms with E-state index in [2.05, 4.69) is 0 Å². The van der Waals surface area contributed by atoms with Crippen LogP contribution >= 0.6 is 0 Å². The minimum absolute atomic E-state index is 0.0939. The second-order valence-corrected chi connectivity index (χ2v) is 5.79. The molecular weight excluding hydrogens is 309 g/mol. The van der Waals surface area contributed by atoms with Gasteiger partial charge in [0.2, 0.25) is 0 Å². The summed E-state index contributed by atoms with van der Waals surface area (Å²) in [6.45, 7) is 0.495. The summed E-state index contributed by atoms with van der Waals surface area (Å²) in [6.07, 6.45) is 0.0881. The number of piperidine rings is 1. The van der Waals surface area contributed by atoms with Crippen molar-refractivity contribution in [3.8, 4) is 0 Å². The summed E-state index contributed by atoms with van der Waals surface area (Å²) >= 11 is 0. The third-order valence-corrected chi connectivity index (χ3v) is 4.12. The number of halogens is 1. The van der Waals surface area contributed by atoms with E-state index in [4.69, 9.17) is 4.74 Å². The Morgan fingerprint density at radius 2 is 1.83 bits per heavy atom. The molecule has 5 heteroatoms. The molecule has 1 aliphatic rings. The smallest absolute Gasteiger partial charge is 0.410 e. The standard InChI is InChI=1S/C19H18FNO3/c20-16-8-6-15(7-9-16)18-12-17(22)10-11-21(18)19(23)24-13-14-4-2-1-3-5-14/h1-9,18H,10-13H2. The van der Waals surface area contributed by atoms with Crippen molar-refractivity contribution in [3.63, 3.8) is 0 Å². The summed E-state index contributed by atoms with van der Waals surface area (Å²) in [5.41, 5.74) is 1.64. The quantitative estimate of drug-likeness (QED) is 0.860. The first-order valence-corrected chi connectivity index (χ1v) is 7.88. The Morgan fingerprint density at radius 3 is 2.54 bits per heavy atom. The predicted molar refractivity (Wildman–Crippen MR) is 86.7 cm³/mol. The number of rotatable bonds is 3. The van der Waals surface area contributed by atoms with Gasteiger partial charge in [0.15, 0.2) is 0 Å². The highest BCUT2D eigenvalue weighted by molar-refractivity contribution is 5.82. The SMILES string of the molecule is O=C1CCN(C(=O)OCc2ccccc2)C(c2ccc(F)cc2)C1. The lowest BCUT2D eigenvalue weighted by Gasteiger charge is -2.34. The fourth-order valence-corrected chi connectivity index (χ4v) is 2.83. The molecule has 1 atom stereocenters. The van der Waals surface area contributed by atoms with Crippen LogP contribution in [-0.4, -0.2) is 23.3 Å². The molecule has 0 aromatic heterocycles. The number of ether oxygens (including phenoxy) is 1. The van der Waals surface area contributed by atoms with Gasteiger partial charge in [-0.3, -0.25) is 4.79 Å². The van der Waals surface area contributed by atoms with Gasteiger partial charge in [-0.1, -0.05) is 42.5 Å². The third-order valence-electron chi connectivity index (χ3n) is 4.12. The second-order valence-electron chi connectivity index (χ2n) is 5.79. The number of nitrogens with zero attached hydrogens (tertiary/aromatic N) is 1. The van der Waals surface area contributed by atoms with Crippen LogP contribution in [0.3, 0.4) is 0 Å². The van der Waals surface area contributed by atoms with Gasteiger partial charge in [-0.2, -0.15) is 0 Å². The Bertz CT molecular complexity index is 715. The van der Waals surface area contributed by atoms with Gasteiger partial charge in [-0.05, 0) is 23.3 Å². The summed E-state index contributed by atoms with van der Waals surface area (Å²) in [5, 5.41) is 0. The number of hydrogen-bond acceptors (Lipinski definition) is 3. The summed E-state index contributed by atoms with van der Waals surface area (Å²) in [6, 6.07) is 14.9. The summed E-state index contributed by atoms with van der Waals surface area (Å²) in [7, 11) is 0. The molecule has 1 aliphatic heterocycles.